The lowest BCUT2D eigenvalue weighted by atomic mass is 10.0. The van der Waals surface area contributed by atoms with Crippen LogP contribution in [0.4, 0.5) is 0 Å². The van der Waals surface area contributed by atoms with Crippen LogP contribution in [0.3, 0.4) is 0 Å². The summed E-state index contributed by atoms with van der Waals surface area (Å²) < 4.78 is 0. The number of hydrogen-bond acceptors (Lipinski definition) is 2. The molecule has 1 aromatic carbocycles. The van der Waals surface area contributed by atoms with Gasteiger partial charge in [0.25, 0.3) is 5.91 Å². The van der Waals surface area contributed by atoms with Gasteiger partial charge in [-0.15, -0.1) is 0 Å². The maximum atomic E-state index is 12.0. The highest BCUT2D eigenvalue weighted by atomic mass is 16.1. The zero-order valence-corrected chi connectivity index (χ0v) is 10.4. The molecule has 0 heterocycles. The normalized spacial score (nSPS) is 12.2. The summed E-state index contributed by atoms with van der Waals surface area (Å²) in [5.74, 6) is 0.0118. The van der Waals surface area contributed by atoms with E-state index in [1.165, 1.54) is 0 Å². The molecule has 2 N–H and O–H groups in total. The lowest BCUT2D eigenvalue weighted by Crippen LogP contribution is -2.37. The number of benzene rings is 1. The third-order valence-corrected chi connectivity index (χ3v) is 2.77. The lowest BCUT2D eigenvalue weighted by molar-refractivity contribution is 0.0949. The van der Waals surface area contributed by atoms with Gasteiger partial charge in [0.1, 0.15) is 0 Å². The standard InChI is InChI=1S/C13H20N2O/c1-9-6-5-7-10(2)12(9)13(16)15-8-11(3)14-4/h5-7,11,14H,8H2,1-4H3,(H,15,16). The van der Waals surface area contributed by atoms with Gasteiger partial charge >= 0.3 is 0 Å². The summed E-state index contributed by atoms with van der Waals surface area (Å²) >= 11 is 0. The Hall–Kier alpha value is -1.35. The van der Waals surface area contributed by atoms with Gasteiger partial charge in [-0.25, -0.2) is 0 Å². The molecule has 1 unspecified atom stereocenters. The number of carbonyl (C=O) groups excluding carboxylic acids is 1. The Morgan fingerprint density at radius 2 is 1.88 bits per heavy atom. The smallest absolute Gasteiger partial charge is 0.251 e. The third-order valence-electron chi connectivity index (χ3n) is 2.77. The fourth-order valence-corrected chi connectivity index (χ4v) is 1.61. The van der Waals surface area contributed by atoms with Gasteiger partial charge < -0.3 is 10.6 Å². The van der Waals surface area contributed by atoms with Crippen LogP contribution in [-0.2, 0) is 0 Å². The van der Waals surface area contributed by atoms with E-state index >= 15 is 0 Å². The van der Waals surface area contributed by atoms with Crippen LogP contribution in [0.5, 0.6) is 0 Å². The molecule has 0 saturated heterocycles. The molecule has 0 aliphatic rings. The van der Waals surface area contributed by atoms with Crippen LogP contribution >= 0.6 is 0 Å². The molecule has 3 nitrogen and oxygen atoms in total. The van der Waals surface area contributed by atoms with E-state index in [0.29, 0.717) is 6.54 Å². The van der Waals surface area contributed by atoms with Crippen LogP contribution in [-0.4, -0.2) is 25.5 Å². The Morgan fingerprint density at radius 1 is 1.31 bits per heavy atom. The minimum atomic E-state index is 0.0118. The second kappa shape index (κ2) is 5.66. The summed E-state index contributed by atoms with van der Waals surface area (Å²) in [6, 6.07) is 6.18. The van der Waals surface area contributed by atoms with Crippen LogP contribution in [0.2, 0.25) is 0 Å². The van der Waals surface area contributed by atoms with E-state index in [-0.39, 0.29) is 11.9 Å². The van der Waals surface area contributed by atoms with Gasteiger partial charge in [0.2, 0.25) is 0 Å². The quantitative estimate of drug-likeness (QED) is 0.810. The van der Waals surface area contributed by atoms with Gasteiger partial charge in [-0.3, -0.25) is 4.79 Å². The monoisotopic (exact) mass is 220 g/mol. The zero-order valence-electron chi connectivity index (χ0n) is 10.4. The number of rotatable bonds is 4. The Labute approximate surface area is 97.2 Å². The second-order valence-corrected chi connectivity index (χ2v) is 4.17. The number of amides is 1. The van der Waals surface area contributed by atoms with Crippen molar-refractivity contribution in [2.24, 2.45) is 0 Å². The van der Waals surface area contributed by atoms with Crippen LogP contribution in [0.1, 0.15) is 28.4 Å². The zero-order chi connectivity index (χ0) is 12.1. The molecule has 0 fully saturated rings. The minimum Gasteiger partial charge on any atom is -0.350 e. The van der Waals surface area contributed by atoms with Crippen molar-refractivity contribution >= 4 is 5.91 Å². The fourth-order valence-electron chi connectivity index (χ4n) is 1.61. The van der Waals surface area contributed by atoms with Crippen molar-refractivity contribution < 1.29 is 4.79 Å². The summed E-state index contributed by atoms with van der Waals surface area (Å²) in [4.78, 5) is 12.0. The van der Waals surface area contributed by atoms with Crippen molar-refractivity contribution in [1.29, 1.82) is 0 Å². The van der Waals surface area contributed by atoms with Gasteiger partial charge in [-0.05, 0) is 38.9 Å². The van der Waals surface area contributed by atoms with E-state index in [0.717, 1.165) is 16.7 Å². The first-order chi connectivity index (χ1) is 7.56. The molecule has 1 atom stereocenters. The molecule has 1 aromatic rings. The van der Waals surface area contributed by atoms with E-state index in [1.807, 2.05) is 46.0 Å². The molecular weight excluding hydrogens is 200 g/mol. The Balaban J connectivity index is 2.73. The van der Waals surface area contributed by atoms with Crippen LogP contribution < -0.4 is 10.6 Å². The third kappa shape index (κ3) is 3.07. The molecule has 0 aliphatic heterocycles. The predicted molar refractivity (Wildman–Crippen MR) is 66.8 cm³/mol. The summed E-state index contributed by atoms with van der Waals surface area (Å²) in [6.07, 6.45) is 0. The van der Waals surface area contributed by atoms with Crippen molar-refractivity contribution in [3.63, 3.8) is 0 Å². The average molecular weight is 220 g/mol. The number of aryl methyl sites for hydroxylation is 2. The molecule has 0 aromatic heterocycles. The van der Waals surface area contributed by atoms with E-state index in [1.54, 1.807) is 0 Å². The lowest BCUT2D eigenvalue weighted by Gasteiger charge is -2.13. The number of likely N-dealkylation sites (N-methyl/N-ethyl adjacent to an activating group) is 1. The van der Waals surface area contributed by atoms with E-state index in [4.69, 9.17) is 0 Å². The first-order valence-corrected chi connectivity index (χ1v) is 5.58. The van der Waals surface area contributed by atoms with Crippen molar-refractivity contribution in [2.45, 2.75) is 26.8 Å². The summed E-state index contributed by atoms with van der Waals surface area (Å²) in [5.41, 5.74) is 2.84. The number of hydrogen-bond donors (Lipinski definition) is 2. The molecule has 0 aliphatic carbocycles. The largest absolute Gasteiger partial charge is 0.350 e. The molecule has 16 heavy (non-hydrogen) atoms. The van der Waals surface area contributed by atoms with Crippen molar-refractivity contribution in [3.8, 4) is 0 Å². The van der Waals surface area contributed by atoms with E-state index in [9.17, 15) is 4.79 Å². The highest BCUT2D eigenvalue weighted by Gasteiger charge is 2.11. The van der Waals surface area contributed by atoms with Gasteiger partial charge in [0, 0.05) is 18.2 Å². The van der Waals surface area contributed by atoms with Crippen LogP contribution in [0.25, 0.3) is 0 Å². The first-order valence-electron chi connectivity index (χ1n) is 5.58. The minimum absolute atomic E-state index is 0.0118. The molecule has 1 amide bonds. The molecule has 88 valence electrons. The number of carbonyl (C=O) groups is 1. The SMILES string of the molecule is CNC(C)CNC(=O)c1c(C)cccc1C. The molecular formula is C13H20N2O. The fraction of sp³-hybridized carbons (Fsp3) is 0.462. The van der Waals surface area contributed by atoms with E-state index in [2.05, 4.69) is 10.6 Å². The highest BCUT2D eigenvalue weighted by Crippen LogP contribution is 2.12. The molecule has 0 spiro atoms. The summed E-state index contributed by atoms with van der Waals surface area (Å²) in [5, 5.41) is 6.02. The van der Waals surface area contributed by atoms with Crippen molar-refractivity contribution in [1.82, 2.24) is 10.6 Å². The van der Waals surface area contributed by atoms with Crippen LogP contribution in [0, 0.1) is 13.8 Å². The summed E-state index contributed by atoms with van der Waals surface area (Å²) in [6.45, 7) is 6.60. The Bertz CT molecular complexity index is 354. The molecule has 0 radical (unpaired) electrons. The maximum absolute atomic E-state index is 12.0. The Kier molecular flexibility index (Phi) is 4.50. The molecule has 0 bridgehead atoms. The molecule has 3 heteroatoms. The predicted octanol–water partition coefficient (Wildman–Crippen LogP) is 1.64. The van der Waals surface area contributed by atoms with Gasteiger partial charge in [-0.2, -0.15) is 0 Å². The summed E-state index contributed by atoms with van der Waals surface area (Å²) in [7, 11) is 1.88. The number of nitrogens with one attached hydrogen (secondary N) is 2. The first kappa shape index (κ1) is 12.7. The molecule has 1 rings (SSSR count). The molecule has 0 saturated carbocycles. The maximum Gasteiger partial charge on any atom is 0.251 e. The van der Waals surface area contributed by atoms with Crippen molar-refractivity contribution in [3.05, 3.63) is 34.9 Å². The Morgan fingerprint density at radius 3 is 2.38 bits per heavy atom. The topological polar surface area (TPSA) is 41.1 Å². The highest BCUT2D eigenvalue weighted by molar-refractivity contribution is 5.97. The van der Waals surface area contributed by atoms with Crippen LogP contribution in [0.15, 0.2) is 18.2 Å². The van der Waals surface area contributed by atoms with Gasteiger partial charge in [0.05, 0.1) is 0 Å². The van der Waals surface area contributed by atoms with Gasteiger partial charge in [-0.1, -0.05) is 18.2 Å². The second-order valence-electron chi connectivity index (χ2n) is 4.17. The van der Waals surface area contributed by atoms with Gasteiger partial charge in [0.15, 0.2) is 0 Å². The average Bonchev–Trinajstić information content (AvgIpc) is 2.25. The van der Waals surface area contributed by atoms with E-state index < -0.39 is 0 Å². The van der Waals surface area contributed by atoms with Crippen molar-refractivity contribution in [2.75, 3.05) is 13.6 Å².